The summed E-state index contributed by atoms with van der Waals surface area (Å²) >= 11 is 0. The Hall–Kier alpha value is -2.83. The number of halogens is 3. The molecule has 2 aliphatic rings. The summed E-state index contributed by atoms with van der Waals surface area (Å²) in [7, 11) is 0. The molecule has 2 heterocycles. The monoisotopic (exact) mass is 374 g/mol. The predicted octanol–water partition coefficient (Wildman–Crippen LogP) is 3.83. The average Bonchev–Trinajstić information content (AvgIpc) is 2.93. The highest BCUT2D eigenvalue weighted by Crippen LogP contribution is 2.44. The summed E-state index contributed by atoms with van der Waals surface area (Å²) in [6.45, 7) is 0.753. The van der Waals surface area contributed by atoms with Gasteiger partial charge in [-0.1, -0.05) is 18.2 Å². The minimum Gasteiger partial charge on any atom is -0.339 e. The summed E-state index contributed by atoms with van der Waals surface area (Å²) in [6.07, 6.45) is -3.45. The summed E-state index contributed by atoms with van der Waals surface area (Å²) < 4.78 is 38.0. The third-order valence-electron chi connectivity index (χ3n) is 5.49. The SMILES string of the molecule is O=C(c1ccc(C(F)(F)F)cc1)N1CCC2(CC1)C(=O)Nc1ccccc12. The summed E-state index contributed by atoms with van der Waals surface area (Å²) in [5.41, 5.74) is 0.570. The van der Waals surface area contributed by atoms with E-state index in [4.69, 9.17) is 0 Å². The number of carbonyl (C=O) groups is 2. The van der Waals surface area contributed by atoms with Gasteiger partial charge in [0, 0.05) is 24.3 Å². The molecular formula is C20H17F3N2O2. The second kappa shape index (κ2) is 6.11. The molecule has 0 aliphatic carbocycles. The van der Waals surface area contributed by atoms with Gasteiger partial charge in [-0.25, -0.2) is 0 Å². The van der Waals surface area contributed by atoms with Crippen LogP contribution in [0.1, 0.15) is 34.3 Å². The van der Waals surface area contributed by atoms with Gasteiger partial charge in [-0.3, -0.25) is 9.59 Å². The lowest BCUT2D eigenvalue weighted by Crippen LogP contribution is -2.48. The Balaban J connectivity index is 1.50. The first-order valence-corrected chi connectivity index (χ1v) is 8.69. The molecule has 0 aromatic heterocycles. The van der Waals surface area contributed by atoms with Crippen molar-refractivity contribution in [2.45, 2.75) is 24.4 Å². The number of hydrogen-bond acceptors (Lipinski definition) is 2. The number of para-hydroxylation sites is 1. The molecule has 2 amide bonds. The Morgan fingerprint density at radius 1 is 1.00 bits per heavy atom. The van der Waals surface area contributed by atoms with Crippen LogP contribution in [-0.2, 0) is 16.4 Å². The Bertz CT molecular complexity index is 898. The first kappa shape index (κ1) is 17.6. The number of alkyl halides is 3. The normalized spacial score (nSPS) is 18.3. The molecule has 2 aromatic carbocycles. The maximum Gasteiger partial charge on any atom is 0.416 e. The summed E-state index contributed by atoms with van der Waals surface area (Å²) in [6, 6.07) is 11.8. The van der Waals surface area contributed by atoms with Crippen LogP contribution in [0, 0.1) is 0 Å². The third-order valence-corrected chi connectivity index (χ3v) is 5.49. The van der Waals surface area contributed by atoms with Gasteiger partial charge in [0.1, 0.15) is 0 Å². The second-order valence-corrected chi connectivity index (χ2v) is 6.95. The number of rotatable bonds is 1. The first-order valence-electron chi connectivity index (χ1n) is 8.69. The van der Waals surface area contributed by atoms with Crippen LogP contribution in [0.3, 0.4) is 0 Å². The van der Waals surface area contributed by atoms with Crippen molar-refractivity contribution in [2.24, 2.45) is 0 Å². The molecule has 4 nitrogen and oxygen atoms in total. The molecule has 2 aromatic rings. The lowest BCUT2D eigenvalue weighted by atomic mass is 9.73. The summed E-state index contributed by atoms with van der Waals surface area (Å²) in [5.74, 6) is -0.365. The maximum atomic E-state index is 12.7. The highest BCUT2D eigenvalue weighted by Gasteiger charge is 2.48. The molecule has 1 fully saturated rings. The van der Waals surface area contributed by atoms with Gasteiger partial charge in [0.25, 0.3) is 5.91 Å². The van der Waals surface area contributed by atoms with Crippen LogP contribution >= 0.6 is 0 Å². The predicted molar refractivity (Wildman–Crippen MR) is 93.3 cm³/mol. The molecule has 1 N–H and O–H groups in total. The molecule has 0 atom stereocenters. The van der Waals surface area contributed by atoms with E-state index in [1.165, 1.54) is 12.1 Å². The number of anilines is 1. The van der Waals surface area contributed by atoms with Gasteiger partial charge < -0.3 is 10.2 Å². The van der Waals surface area contributed by atoms with Crippen molar-refractivity contribution in [3.05, 3.63) is 65.2 Å². The molecule has 27 heavy (non-hydrogen) atoms. The van der Waals surface area contributed by atoms with E-state index >= 15 is 0 Å². The van der Waals surface area contributed by atoms with Crippen molar-refractivity contribution < 1.29 is 22.8 Å². The van der Waals surface area contributed by atoms with E-state index in [-0.39, 0.29) is 17.4 Å². The fraction of sp³-hybridized carbons (Fsp3) is 0.300. The average molecular weight is 374 g/mol. The number of fused-ring (bicyclic) bond motifs is 2. The van der Waals surface area contributed by atoms with Crippen molar-refractivity contribution in [3.63, 3.8) is 0 Å². The van der Waals surface area contributed by atoms with Gasteiger partial charge in [0.2, 0.25) is 5.91 Å². The van der Waals surface area contributed by atoms with Crippen LogP contribution in [0.25, 0.3) is 0 Å². The van der Waals surface area contributed by atoms with Crippen molar-refractivity contribution >= 4 is 17.5 Å². The Morgan fingerprint density at radius 3 is 2.26 bits per heavy atom. The van der Waals surface area contributed by atoms with Gasteiger partial charge in [0.05, 0.1) is 11.0 Å². The van der Waals surface area contributed by atoms with E-state index < -0.39 is 17.2 Å². The van der Waals surface area contributed by atoms with Gasteiger partial charge in [-0.2, -0.15) is 13.2 Å². The lowest BCUT2D eigenvalue weighted by Gasteiger charge is -2.38. The van der Waals surface area contributed by atoms with Gasteiger partial charge in [-0.05, 0) is 48.7 Å². The van der Waals surface area contributed by atoms with E-state index in [1.54, 1.807) is 4.90 Å². The number of likely N-dealkylation sites (tertiary alicyclic amines) is 1. The number of carbonyl (C=O) groups excluding carboxylic acids is 2. The Morgan fingerprint density at radius 2 is 1.63 bits per heavy atom. The minimum absolute atomic E-state index is 0.0506. The molecule has 1 spiro atoms. The van der Waals surface area contributed by atoms with Crippen LogP contribution in [0.5, 0.6) is 0 Å². The molecule has 2 aliphatic heterocycles. The van der Waals surface area contributed by atoms with Crippen LogP contribution in [-0.4, -0.2) is 29.8 Å². The van der Waals surface area contributed by atoms with E-state index in [0.29, 0.717) is 25.9 Å². The van der Waals surface area contributed by atoms with Crippen molar-refractivity contribution in [2.75, 3.05) is 18.4 Å². The molecule has 0 saturated carbocycles. The highest BCUT2D eigenvalue weighted by molar-refractivity contribution is 6.06. The van der Waals surface area contributed by atoms with Gasteiger partial charge in [-0.15, -0.1) is 0 Å². The molecule has 4 rings (SSSR count). The van der Waals surface area contributed by atoms with E-state index in [1.807, 2.05) is 24.3 Å². The fourth-order valence-electron chi connectivity index (χ4n) is 3.95. The zero-order valence-electron chi connectivity index (χ0n) is 14.3. The Kier molecular flexibility index (Phi) is 3.98. The van der Waals surface area contributed by atoms with Crippen molar-refractivity contribution in [1.82, 2.24) is 4.90 Å². The van der Waals surface area contributed by atoms with E-state index in [0.717, 1.165) is 23.4 Å². The molecule has 140 valence electrons. The number of hydrogen-bond donors (Lipinski definition) is 1. The molecular weight excluding hydrogens is 357 g/mol. The van der Waals surface area contributed by atoms with Crippen molar-refractivity contribution in [3.8, 4) is 0 Å². The zero-order chi connectivity index (χ0) is 19.2. The van der Waals surface area contributed by atoms with Crippen LogP contribution in [0.2, 0.25) is 0 Å². The molecule has 0 bridgehead atoms. The number of nitrogens with zero attached hydrogens (tertiary/aromatic N) is 1. The lowest BCUT2D eigenvalue weighted by molar-refractivity contribution is -0.137. The topological polar surface area (TPSA) is 49.4 Å². The highest BCUT2D eigenvalue weighted by atomic mass is 19.4. The standard InChI is InChI=1S/C20H17F3N2O2/c21-20(22,23)14-7-5-13(6-8-14)17(26)25-11-9-19(10-12-25)15-3-1-2-4-16(15)24-18(19)27/h1-8H,9-12H2,(H,24,27). The smallest absolute Gasteiger partial charge is 0.339 e. The number of amides is 2. The summed E-state index contributed by atoms with van der Waals surface area (Å²) in [4.78, 5) is 26.8. The molecule has 7 heteroatoms. The quantitative estimate of drug-likeness (QED) is 0.825. The second-order valence-electron chi connectivity index (χ2n) is 6.95. The van der Waals surface area contributed by atoms with Gasteiger partial charge >= 0.3 is 6.18 Å². The van der Waals surface area contributed by atoms with E-state index in [9.17, 15) is 22.8 Å². The first-order chi connectivity index (χ1) is 12.8. The summed E-state index contributed by atoms with van der Waals surface area (Å²) in [5, 5.41) is 2.91. The minimum atomic E-state index is -4.43. The fourth-order valence-corrected chi connectivity index (χ4v) is 3.95. The molecule has 0 radical (unpaired) electrons. The van der Waals surface area contributed by atoms with Crippen LogP contribution in [0.15, 0.2) is 48.5 Å². The van der Waals surface area contributed by atoms with Crippen molar-refractivity contribution in [1.29, 1.82) is 0 Å². The largest absolute Gasteiger partial charge is 0.416 e. The Labute approximate surface area is 154 Å². The van der Waals surface area contributed by atoms with Crippen LogP contribution in [0.4, 0.5) is 18.9 Å². The number of benzene rings is 2. The number of piperidine rings is 1. The maximum absolute atomic E-state index is 12.7. The van der Waals surface area contributed by atoms with Gasteiger partial charge in [0.15, 0.2) is 0 Å². The molecule has 0 unspecified atom stereocenters. The van der Waals surface area contributed by atoms with Crippen LogP contribution < -0.4 is 5.32 Å². The third kappa shape index (κ3) is 2.87. The number of nitrogens with one attached hydrogen (secondary N) is 1. The zero-order valence-corrected chi connectivity index (χ0v) is 14.3. The molecule has 1 saturated heterocycles. The van der Waals surface area contributed by atoms with E-state index in [2.05, 4.69) is 5.32 Å².